The van der Waals surface area contributed by atoms with Gasteiger partial charge in [0.25, 0.3) is 0 Å². The molecule has 0 aromatic heterocycles. The van der Waals surface area contributed by atoms with E-state index in [4.69, 9.17) is 5.73 Å². The molecule has 8 unspecified atom stereocenters. The Morgan fingerprint density at radius 2 is 1.82 bits per heavy atom. The van der Waals surface area contributed by atoms with Crippen molar-refractivity contribution in [3.8, 4) is 0 Å². The zero-order valence-electron chi connectivity index (χ0n) is 24.9. The molecule has 0 bridgehead atoms. The molecule has 0 fully saturated rings. The molecule has 1 heterocycles. The molecule has 0 aromatic carbocycles. The molecule has 0 radical (unpaired) electrons. The van der Waals surface area contributed by atoms with Gasteiger partial charge in [-0.2, -0.15) is 0 Å². The second-order valence-electron chi connectivity index (χ2n) is 13.6. The molecule has 1 aliphatic heterocycles. The predicted octanol–water partition coefficient (Wildman–Crippen LogP) is 10.1. The van der Waals surface area contributed by atoms with Crippen LogP contribution in [0.15, 0.2) is 60.5 Å². The van der Waals surface area contributed by atoms with Crippen LogP contribution in [-0.2, 0) is 0 Å². The number of hydrogen-bond donors (Lipinski definition) is 2. The number of allylic oxidation sites excluding steroid dienone is 7. The average molecular weight is 523 g/mol. The van der Waals surface area contributed by atoms with E-state index in [1.54, 1.807) is 0 Å². The standard InChI is InChI=1S/C35H58N2.CH4/c1-26-13-7-8-14-27(2)29(4)24-33(19-12-22-35(6)21-11-18-32(36)25-35)37-30(5)16-10-20-34-28(3)15-9-17-31(34)23-26;/h9-10,12,15-16,18,22,26-29,31,33-34,37H,5,7-8,11,13-14,17,19-21,23-25,36H2,1-4,6H3;1H4/b16-10-,22-12+;. The lowest BCUT2D eigenvalue weighted by Gasteiger charge is -2.34. The highest BCUT2D eigenvalue weighted by Gasteiger charge is 2.28. The first kappa shape index (κ1) is 32.5. The van der Waals surface area contributed by atoms with Crippen LogP contribution < -0.4 is 11.1 Å². The predicted molar refractivity (Wildman–Crippen MR) is 170 cm³/mol. The molecule has 3 aliphatic rings. The molecule has 3 rings (SSSR count). The largest absolute Gasteiger partial charge is 0.402 e. The maximum absolute atomic E-state index is 6.18. The molecule has 8 atom stereocenters. The number of rotatable bonds is 3. The van der Waals surface area contributed by atoms with Gasteiger partial charge in [0.2, 0.25) is 0 Å². The number of nitrogens with one attached hydrogen (secondary N) is 1. The highest BCUT2D eigenvalue weighted by atomic mass is 14.9. The molecule has 38 heavy (non-hydrogen) atoms. The Morgan fingerprint density at radius 3 is 2.58 bits per heavy atom. The van der Waals surface area contributed by atoms with Crippen molar-refractivity contribution in [3.05, 3.63) is 60.5 Å². The lowest BCUT2D eigenvalue weighted by Crippen LogP contribution is -2.30. The zero-order chi connectivity index (χ0) is 26.8. The highest BCUT2D eigenvalue weighted by molar-refractivity contribution is 5.16. The molecular formula is C36H62N2. The van der Waals surface area contributed by atoms with Crippen LogP contribution in [0.4, 0.5) is 0 Å². The van der Waals surface area contributed by atoms with Gasteiger partial charge in [-0.25, -0.2) is 0 Å². The summed E-state index contributed by atoms with van der Waals surface area (Å²) < 4.78 is 0. The first-order valence-electron chi connectivity index (χ1n) is 15.6. The van der Waals surface area contributed by atoms with Crippen molar-refractivity contribution >= 4 is 0 Å². The van der Waals surface area contributed by atoms with E-state index in [-0.39, 0.29) is 12.8 Å². The van der Waals surface area contributed by atoms with E-state index in [1.165, 1.54) is 51.4 Å². The van der Waals surface area contributed by atoms with Gasteiger partial charge in [0.05, 0.1) is 0 Å². The maximum Gasteiger partial charge on any atom is 0.0298 e. The van der Waals surface area contributed by atoms with E-state index in [9.17, 15) is 0 Å². The Labute approximate surface area is 237 Å². The quantitative estimate of drug-likeness (QED) is 0.362. The van der Waals surface area contributed by atoms with Crippen LogP contribution in [0.2, 0.25) is 0 Å². The van der Waals surface area contributed by atoms with Gasteiger partial charge in [0, 0.05) is 17.4 Å². The fourth-order valence-electron chi connectivity index (χ4n) is 7.22. The monoisotopic (exact) mass is 522 g/mol. The summed E-state index contributed by atoms with van der Waals surface area (Å²) in [6.45, 7) is 16.6. The van der Waals surface area contributed by atoms with E-state index in [0.29, 0.717) is 17.9 Å². The van der Waals surface area contributed by atoms with Crippen molar-refractivity contribution in [2.45, 2.75) is 125 Å². The molecule has 0 aromatic rings. The SMILES string of the molecule is C.C=C1/C=C\CC2C(C)C=CCC2CC(C)CCCCC(C)C(C)CC(C/C=C/C2(C)CCC=C(N)C2)N1. The Bertz CT molecular complexity index is 832. The molecule has 216 valence electrons. The van der Waals surface area contributed by atoms with Crippen LogP contribution in [0, 0.1) is 40.9 Å². The second-order valence-corrected chi connectivity index (χ2v) is 13.6. The van der Waals surface area contributed by atoms with Gasteiger partial charge in [-0.05, 0) is 98.4 Å². The summed E-state index contributed by atoms with van der Waals surface area (Å²) >= 11 is 0. The third kappa shape index (κ3) is 10.5. The third-order valence-corrected chi connectivity index (χ3v) is 9.89. The molecular weight excluding hydrogens is 460 g/mol. The van der Waals surface area contributed by atoms with E-state index >= 15 is 0 Å². The smallest absolute Gasteiger partial charge is 0.0298 e. The van der Waals surface area contributed by atoms with Crippen molar-refractivity contribution in [3.63, 3.8) is 0 Å². The minimum Gasteiger partial charge on any atom is -0.402 e. The molecule has 2 heteroatoms. The van der Waals surface area contributed by atoms with Crippen LogP contribution in [0.1, 0.15) is 119 Å². The van der Waals surface area contributed by atoms with Gasteiger partial charge in [-0.15, -0.1) is 0 Å². The van der Waals surface area contributed by atoms with Crippen molar-refractivity contribution < 1.29 is 0 Å². The summed E-state index contributed by atoms with van der Waals surface area (Å²) in [4.78, 5) is 0. The molecule has 0 amide bonds. The lowest BCUT2D eigenvalue weighted by molar-refractivity contribution is 0.215. The second kappa shape index (κ2) is 15.8. The van der Waals surface area contributed by atoms with Gasteiger partial charge in [-0.1, -0.05) is 111 Å². The van der Waals surface area contributed by atoms with Crippen LogP contribution >= 0.6 is 0 Å². The average Bonchev–Trinajstić information content (AvgIpc) is 2.82. The molecule has 0 spiro atoms. The van der Waals surface area contributed by atoms with Gasteiger partial charge < -0.3 is 11.1 Å². The normalized spacial score (nSPS) is 38.8. The summed E-state index contributed by atoms with van der Waals surface area (Å²) in [7, 11) is 0. The minimum atomic E-state index is 0. The Hall–Kier alpha value is -1.70. The Morgan fingerprint density at radius 1 is 1.05 bits per heavy atom. The molecule has 0 saturated heterocycles. The fourth-order valence-corrected chi connectivity index (χ4v) is 7.22. The van der Waals surface area contributed by atoms with Crippen LogP contribution in [-0.4, -0.2) is 6.04 Å². The Balaban J connectivity index is 0.00000507. The number of nitrogens with two attached hydrogens (primary N) is 1. The summed E-state index contributed by atoms with van der Waals surface area (Å²) in [5, 5.41) is 3.83. The van der Waals surface area contributed by atoms with Crippen molar-refractivity contribution in [2.24, 2.45) is 46.7 Å². The minimum absolute atomic E-state index is 0. The number of hydrogen-bond acceptors (Lipinski definition) is 2. The van der Waals surface area contributed by atoms with E-state index in [1.807, 2.05) is 0 Å². The molecule has 3 N–H and O–H groups in total. The topological polar surface area (TPSA) is 38.0 Å². The van der Waals surface area contributed by atoms with Crippen molar-refractivity contribution in [1.82, 2.24) is 5.32 Å². The summed E-state index contributed by atoms with van der Waals surface area (Å²) in [5.74, 6) is 4.54. The van der Waals surface area contributed by atoms with E-state index < -0.39 is 0 Å². The zero-order valence-corrected chi connectivity index (χ0v) is 24.9. The van der Waals surface area contributed by atoms with Gasteiger partial charge in [0.1, 0.15) is 0 Å². The van der Waals surface area contributed by atoms with E-state index in [0.717, 1.165) is 60.7 Å². The molecule has 0 saturated carbocycles. The van der Waals surface area contributed by atoms with Gasteiger partial charge >= 0.3 is 0 Å². The Kier molecular flexibility index (Phi) is 13.5. The van der Waals surface area contributed by atoms with E-state index in [2.05, 4.69) is 89.0 Å². The number of fused-ring (bicyclic) bond motifs is 1. The molecule has 2 aliphatic carbocycles. The molecule has 2 nitrogen and oxygen atoms in total. The van der Waals surface area contributed by atoms with Crippen molar-refractivity contribution in [2.75, 3.05) is 0 Å². The first-order chi connectivity index (χ1) is 17.6. The first-order valence-corrected chi connectivity index (χ1v) is 15.6. The summed E-state index contributed by atoms with van der Waals surface area (Å²) in [6, 6.07) is 0.422. The lowest BCUT2D eigenvalue weighted by atomic mass is 9.71. The fraction of sp³-hybridized carbons (Fsp3) is 0.722. The van der Waals surface area contributed by atoms with Crippen LogP contribution in [0.3, 0.4) is 0 Å². The highest BCUT2D eigenvalue weighted by Crippen LogP contribution is 2.38. The van der Waals surface area contributed by atoms with Crippen LogP contribution in [0.5, 0.6) is 0 Å². The van der Waals surface area contributed by atoms with Gasteiger partial charge in [-0.3, -0.25) is 0 Å². The summed E-state index contributed by atoms with van der Waals surface area (Å²) in [5.41, 5.74) is 8.50. The van der Waals surface area contributed by atoms with Crippen molar-refractivity contribution in [1.29, 1.82) is 0 Å². The van der Waals surface area contributed by atoms with Gasteiger partial charge in [0.15, 0.2) is 0 Å². The maximum atomic E-state index is 6.18. The third-order valence-electron chi connectivity index (χ3n) is 9.89. The summed E-state index contributed by atoms with van der Waals surface area (Å²) in [6.07, 6.45) is 31.5. The van der Waals surface area contributed by atoms with Crippen LogP contribution in [0.25, 0.3) is 0 Å².